The number of aromatic amines is 1. The predicted molar refractivity (Wildman–Crippen MR) is 95.1 cm³/mol. The molecule has 2 rings (SSSR count). The van der Waals surface area contributed by atoms with Gasteiger partial charge < -0.3 is 29.4 Å². The van der Waals surface area contributed by atoms with E-state index in [1.54, 1.807) is 0 Å². The predicted octanol–water partition coefficient (Wildman–Crippen LogP) is 0.375. The number of rotatable bonds is 8. The molecule has 21 heteroatoms. The van der Waals surface area contributed by atoms with Gasteiger partial charge in [0.2, 0.25) is 5.82 Å². The number of hydrogen-bond acceptors (Lipinski definition) is 10. The minimum absolute atomic E-state index is 0.485. The smallest absolute Gasteiger partial charge is 0.387 e. The first-order valence-corrected chi connectivity index (χ1v) is 12.6. The highest BCUT2D eigenvalue weighted by Gasteiger charge is 2.56. The summed E-state index contributed by atoms with van der Waals surface area (Å²) in [6.45, 7) is -0.363. The maximum Gasteiger partial charge on any atom is 0.490 e. The van der Waals surface area contributed by atoms with Crippen molar-refractivity contribution in [2.75, 3.05) is 6.61 Å². The van der Waals surface area contributed by atoms with Crippen LogP contribution in [0.4, 0.5) is 8.78 Å². The molecule has 0 radical (unpaired) electrons. The van der Waals surface area contributed by atoms with E-state index in [0.29, 0.717) is 10.8 Å². The number of phosphoric acid groups is 3. The third kappa shape index (κ3) is 6.65. The number of aliphatic hydroxyl groups is 1. The lowest BCUT2D eigenvalue weighted by Crippen LogP contribution is -2.41. The Bertz CT molecular complexity index is 1100. The molecule has 15 nitrogen and oxygen atoms in total. The number of phosphoric ester groups is 1. The highest BCUT2D eigenvalue weighted by atomic mass is 32.1. The van der Waals surface area contributed by atoms with Crippen LogP contribution in [-0.4, -0.2) is 58.7 Å². The molecule has 1 aromatic heterocycles. The van der Waals surface area contributed by atoms with Crippen LogP contribution in [0.3, 0.4) is 0 Å². The molecule has 1 aliphatic rings. The zero-order valence-corrected chi connectivity index (χ0v) is 18.5. The number of aromatic nitrogens is 2. The molecule has 1 aromatic rings. The van der Waals surface area contributed by atoms with Crippen LogP contribution >= 0.6 is 35.7 Å². The maximum atomic E-state index is 15.0. The highest BCUT2D eigenvalue weighted by molar-refractivity contribution is 7.71. The van der Waals surface area contributed by atoms with E-state index in [1.165, 1.54) is 0 Å². The second-order valence-electron chi connectivity index (χ2n) is 6.15. The van der Waals surface area contributed by atoms with Gasteiger partial charge in [0.15, 0.2) is 16.7 Å². The van der Waals surface area contributed by atoms with Gasteiger partial charge in [-0.3, -0.25) is 18.9 Å². The fourth-order valence-corrected chi connectivity index (χ4v) is 5.73. The fourth-order valence-electron chi connectivity index (χ4n) is 2.46. The van der Waals surface area contributed by atoms with E-state index < -0.39 is 70.3 Å². The van der Waals surface area contributed by atoms with Gasteiger partial charge >= 0.3 is 23.5 Å². The van der Waals surface area contributed by atoms with E-state index >= 15 is 4.39 Å². The summed E-state index contributed by atoms with van der Waals surface area (Å²) < 4.78 is 78.7. The zero-order chi connectivity index (χ0) is 24.0. The molecule has 1 aliphatic heterocycles. The van der Waals surface area contributed by atoms with Gasteiger partial charge in [0, 0.05) is 0 Å². The number of aliphatic hydroxyl groups excluding tert-OH is 1. The van der Waals surface area contributed by atoms with Crippen molar-refractivity contribution in [2.45, 2.75) is 31.0 Å². The first-order chi connectivity index (χ1) is 13.8. The fraction of sp³-hybridized carbons (Fsp3) is 0.600. The minimum atomic E-state index is -5.79. The summed E-state index contributed by atoms with van der Waals surface area (Å²) in [6.07, 6.45) is -5.21. The van der Waals surface area contributed by atoms with E-state index in [1.807, 2.05) is 4.98 Å². The molecule has 0 saturated carbocycles. The van der Waals surface area contributed by atoms with E-state index in [2.05, 4.69) is 13.1 Å². The third-order valence-electron chi connectivity index (χ3n) is 3.71. The SMILES string of the molecule is C[C@@]1(F)C(O)[C@@H](COP(=O)(O)OP(=O)(O)OP(=O)(O)O)O[C@H]1n1cc(F)c(=O)[nH]c1=S. The standard InChI is InChI=1S/C10H15F2N2O13P3S/c1-10(12)6(15)5(25-8(10)14-2-4(11)7(16)13-9(14)31)3-24-29(20,21)27-30(22,23)26-28(17,18)19/h2,5-6,8,15H,3H2,1H3,(H,20,21)(H,22,23)(H,13,16,31)(H2,17,18,19)/t5-,6?,8-,10-/m1/s1. The van der Waals surface area contributed by atoms with E-state index in [4.69, 9.17) is 31.6 Å². The lowest BCUT2D eigenvalue weighted by Gasteiger charge is -2.25. The van der Waals surface area contributed by atoms with Crippen LogP contribution in [0, 0.1) is 10.6 Å². The molecule has 178 valence electrons. The summed E-state index contributed by atoms with van der Waals surface area (Å²) >= 11 is 4.78. The van der Waals surface area contributed by atoms with E-state index in [9.17, 15) is 32.9 Å². The minimum Gasteiger partial charge on any atom is -0.387 e. The van der Waals surface area contributed by atoms with Crippen molar-refractivity contribution >= 4 is 35.7 Å². The first kappa shape index (κ1) is 26.5. The molecule has 0 spiro atoms. The van der Waals surface area contributed by atoms with Gasteiger partial charge in [-0.05, 0) is 19.1 Å². The number of hydrogen-bond donors (Lipinski definition) is 6. The number of nitrogens with one attached hydrogen (secondary N) is 1. The molecule has 0 bridgehead atoms. The highest BCUT2D eigenvalue weighted by Crippen LogP contribution is 2.66. The maximum absolute atomic E-state index is 15.0. The summed E-state index contributed by atoms with van der Waals surface area (Å²) in [7, 11) is -17.0. The van der Waals surface area contributed by atoms with Crippen molar-refractivity contribution in [3.8, 4) is 0 Å². The van der Waals surface area contributed by atoms with Gasteiger partial charge in [-0.25, -0.2) is 18.1 Å². The first-order valence-electron chi connectivity index (χ1n) is 7.66. The van der Waals surface area contributed by atoms with Gasteiger partial charge in [-0.2, -0.15) is 13.0 Å². The van der Waals surface area contributed by atoms with Crippen LogP contribution < -0.4 is 5.56 Å². The Morgan fingerprint density at radius 1 is 1.26 bits per heavy atom. The Kier molecular flexibility index (Phi) is 7.63. The Balaban J connectivity index is 2.17. The third-order valence-corrected chi connectivity index (χ3v) is 7.83. The number of H-pyrrole nitrogens is 1. The van der Waals surface area contributed by atoms with Crippen molar-refractivity contribution in [1.82, 2.24) is 9.55 Å². The molecule has 1 saturated heterocycles. The average molecular weight is 534 g/mol. The van der Waals surface area contributed by atoms with Crippen molar-refractivity contribution in [3.05, 3.63) is 27.1 Å². The molecular formula is C10H15F2N2O13P3S. The van der Waals surface area contributed by atoms with Crippen LogP contribution in [0.5, 0.6) is 0 Å². The Morgan fingerprint density at radius 3 is 2.39 bits per heavy atom. The van der Waals surface area contributed by atoms with Crippen molar-refractivity contribution in [2.24, 2.45) is 0 Å². The largest absolute Gasteiger partial charge is 0.490 e. The number of halogens is 2. The van der Waals surface area contributed by atoms with Crippen LogP contribution in [0.15, 0.2) is 11.0 Å². The molecule has 6 N–H and O–H groups in total. The Labute approximate surface area is 175 Å². The Morgan fingerprint density at radius 2 is 1.84 bits per heavy atom. The summed E-state index contributed by atoms with van der Waals surface area (Å²) in [5.74, 6) is -1.36. The summed E-state index contributed by atoms with van der Waals surface area (Å²) in [6, 6.07) is 0. The lowest BCUT2D eigenvalue weighted by molar-refractivity contribution is -0.0599. The van der Waals surface area contributed by atoms with Crippen molar-refractivity contribution in [1.29, 1.82) is 0 Å². The van der Waals surface area contributed by atoms with Gasteiger partial charge in [-0.15, -0.1) is 0 Å². The monoisotopic (exact) mass is 534 g/mol. The van der Waals surface area contributed by atoms with Gasteiger partial charge in [-0.1, -0.05) is 0 Å². The molecule has 2 heterocycles. The number of ether oxygens (including phenoxy) is 1. The molecule has 1 fully saturated rings. The van der Waals surface area contributed by atoms with E-state index in [-0.39, 0.29) is 0 Å². The second-order valence-corrected chi connectivity index (χ2v) is 11.0. The topological polar surface area (TPSA) is 227 Å². The molecule has 0 aromatic carbocycles. The second kappa shape index (κ2) is 8.91. The molecule has 31 heavy (non-hydrogen) atoms. The summed E-state index contributed by atoms with van der Waals surface area (Å²) in [5.41, 5.74) is -3.92. The van der Waals surface area contributed by atoms with Gasteiger partial charge in [0.1, 0.15) is 12.2 Å². The normalized spacial score (nSPS) is 30.6. The molecule has 3 unspecified atom stereocenters. The van der Waals surface area contributed by atoms with Crippen molar-refractivity contribution in [3.63, 3.8) is 0 Å². The average Bonchev–Trinajstić information content (AvgIpc) is 2.76. The number of nitrogens with zero attached hydrogens (tertiary/aromatic N) is 1. The van der Waals surface area contributed by atoms with Gasteiger partial charge in [0.05, 0.1) is 12.8 Å². The summed E-state index contributed by atoms with van der Waals surface area (Å²) in [5, 5.41) is 10.1. The van der Waals surface area contributed by atoms with Crippen LogP contribution in [0.25, 0.3) is 0 Å². The Hall–Kier alpha value is -0.710. The zero-order valence-electron chi connectivity index (χ0n) is 15.0. The van der Waals surface area contributed by atoms with Crippen LogP contribution in [-0.2, 0) is 31.6 Å². The van der Waals surface area contributed by atoms with Crippen LogP contribution in [0.2, 0.25) is 0 Å². The van der Waals surface area contributed by atoms with Crippen molar-refractivity contribution < 1.29 is 65.0 Å². The summed E-state index contributed by atoms with van der Waals surface area (Å²) in [4.78, 5) is 48.5. The van der Waals surface area contributed by atoms with E-state index in [0.717, 1.165) is 6.92 Å². The molecular weight excluding hydrogens is 519 g/mol. The number of alkyl halides is 1. The molecule has 0 aliphatic carbocycles. The van der Waals surface area contributed by atoms with Crippen LogP contribution in [0.1, 0.15) is 13.2 Å². The molecule has 6 atom stereocenters. The van der Waals surface area contributed by atoms with Gasteiger partial charge in [0.25, 0.3) is 5.56 Å². The quantitative estimate of drug-likeness (QED) is 0.196. The lowest BCUT2D eigenvalue weighted by atomic mass is 9.98. The molecule has 0 amide bonds.